The summed E-state index contributed by atoms with van der Waals surface area (Å²) in [6.07, 6.45) is 2.43. The molecule has 0 amide bonds. The lowest BCUT2D eigenvalue weighted by molar-refractivity contribution is 0.0423. The van der Waals surface area contributed by atoms with E-state index < -0.39 is 22.3 Å². The number of fused-ring (bicyclic) bond motifs is 1. The highest BCUT2D eigenvalue weighted by molar-refractivity contribution is 7.83. The summed E-state index contributed by atoms with van der Waals surface area (Å²) in [4.78, 5) is 28.2. The third kappa shape index (κ3) is 5.37. The van der Waals surface area contributed by atoms with Gasteiger partial charge in [-0.25, -0.2) is 15.0 Å². The molecular weight excluding hydrogens is 532 g/mol. The van der Waals surface area contributed by atoms with Crippen molar-refractivity contribution in [1.82, 2.24) is 24.2 Å². The molecule has 38 heavy (non-hydrogen) atoms. The quantitative estimate of drug-likeness (QED) is 0.235. The maximum Gasteiger partial charge on any atom is 0.333 e. The van der Waals surface area contributed by atoms with Crippen molar-refractivity contribution in [3.05, 3.63) is 56.7 Å². The summed E-state index contributed by atoms with van der Waals surface area (Å²) in [6, 6.07) is 1.61. The highest BCUT2D eigenvalue weighted by Crippen LogP contribution is 2.37. The number of imidazole rings is 1. The van der Waals surface area contributed by atoms with Gasteiger partial charge >= 0.3 is 10.3 Å². The van der Waals surface area contributed by atoms with Crippen LogP contribution >= 0.6 is 11.3 Å². The fraction of sp³-hybridized carbons (Fsp3) is 0.500. The minimum atomic E-state index is -4.35. The summed E-state index contributed by atoms with van der Waals surface area (Å²) in [7, 11) is -4.35. The van der Waals surface area contributed by atoms with Gasteiger partial charge in [-0.15, -0.1) is 11.3 Å². The van der Waals surface area contributed by atoms with Gasteiger partial charge in [0.2, 0.25) is 5.78 Å². The van der Waals surface area contributed by atoms with Crippen molar-refractivity contribution in [1.29, 1.82) is 0 Å². The van der Waals surface area contributed by atoms with Crippen LogP contribution in [-0.4, -0.2) is 68.7 Å². The molecule has 12 nitrogen and oxygen atoms in total. The molecule has 1 aliphatic carbocycles. The molecule has 0 saturated heterocycles. The number of aryl methyl sites for hydroxylation is 2. The van der Waals surface area contributed by atoms with Gasteiger partial charge in [0, 0.05) is 47.4 Å². The molecule has 1 saturated carbocycles. The van der Waals surface area contributed by atoms with Crippen molar-refractivity contribution in [3.63, 3.8) is 0 Å². The monoisotopic (exact) mass is 562 g/mol. The number of anilines is 1. The third-order valence-electron chi connectivity index (χ3n) is 7.27. The number of hydrogen-bond acceptors (Lipinski definition) is 10. The highest BCUT2D eigenvalue weighted by Gasteiger charge is 2.35. The van der Waals surface area contributed by atoms with Crippen molar-refractivity contribution < 1.29 is 27.6 Å². The number of carbonyl (C=O) groups is 1. The number of nitrogens with one attached hydrogen (secondary N) is 2. The first-order valence-corrected chi connectivity index (χ1v) is 14.5. The molecule has 204 valence electrons. The van der Waals surface area contributed by atoms with Crippen LogP contribution in [0.3, 0.4) is 0 Å². The average Bonchev–Trinajstić information content (AvgIpc) is 3.52. The first-order chi connectivity index (χ1) is 18.0. The normalized spacial score (nSPS) is 23.4. The second-order valence-electron chi connectivity index (χ2n) is 9.74. The molecule has 14 heteroatoms. The zero-order chi connectivity index (χ0) is 27.2. The molecule has 0 bridgehead atoms. The minimum absolute atomic E-state index is 0.0917. The molecule has 3 aromatic heterocycles. The molecule has 4 heterocycles. The van der Waals surface area contributed by atoms with Gasteiger partial charge in [0.1, 0.15) is 24.1 Å². The van der Waals surface area contributed by atoms with Crippen molar-refractivity contribution in [2.45, 2.75) is 58.4 Å². The Kier molecular flexibility index (Phi) is 7.37. The van der Waals surface area contributed by atoms with Gasteiger partial charge in [0.15, 0.2) is 0 Å². The van der Waals surface area contributed by atoms with Gasteiger partial charge < -0.3 is 19.7 Å². The Bertz CT molecular complexity index is 1470. The molecule has 0 unspecified atom stereocenters. The Morgan fingerprint density at radius 2 is 2.08 bits per heavy atom. The van der Waals surface area contributed by atoms with Crippen LogP contribution in [-0.2, 0) is 21.6 Å². The minimum Gasteiger partial charge on any atom is -0.393 e. The highest BCUT2D eigenvalue weighted by atomic mass is 32.2. The molecule has 4 atom stereocenters. The largest absolute Gasteiger partial charge is 0.393 e. The number of aliphatic hydroxyl groups excluding tert-OH is 1. The molecule has 0 spiro atoms. The first-order valence-electron chi connectivity index (χ1n) is 12.3. The van der Waals surface area contributed by atoms with E-state index in [-0.39, 0.29) is 24.5 Å². The number of thiophene rings is 1. The number of ketones is 1. The van der Waals surface area contributed by atoms with Crippen LogP contribution in [0.1, 0.15) is 61.8 Å². The SMILES string of the molecule is Cc1nc2n(c1C)CCO[C@H]2c1cc(C(=O)c2cncnc2N[C@@H]2C[C@H](CNS(=O)(=O)O)[C@@H](O)C2)sc1C. The number of aromatic nitrogens is 4. The van der Waals surface area contributed by atoms with E-state index >= 15 is 0 Å². The lowest BCUT2D eigenvalue weighted by Gasteiger charge is -2.25. The lowest BCUT2D eigenvalue weighted by Crippen LogP contribution is -2.32. The second kappa shape index (κ2) is 10.4. The molecule has 0 aromatic carbocycles. The van der Waals surface area contributed by atoms with E-state index in [1.807, 2.05) is 31.6 Å². The fourth-order valence-corrected chi connectivity index (χ4v) is 6.61. The zero-order valence-corrected chi connectivity index (χ0v) is 22.8. The van der Waals surface area contributed by atoms with Gasteiger partial charge in [-0.05, 0) is 39.7 Å². The standard InChI is InChI=1S/C24H30N6O6S2/c1-12-13(2)30-4-5-36-22(24(30)28-12)17-8-20(37-14(17)3)21(32)18-10-25-11-26-23(18)29-16-6-15(19(31)7-16)9-27-38(33,34)35/h8,10-11,15-16,19,22,27,31H,4-7,9H2,1-3H3,(H,25,26,29)(H,33,34,35)/t15-,16-,19+,22+/m1/s1. The summed E-state index contributed by atoms with van der Waals surface area (Å²) in [5.41, 5.74) is 3.28. The van der Waals surface area contributed by atoms with Crippen LogP contribution in [0.4, 0.5) is 5.82 Å². The predicted molar refractivity (Wildman–Crippen MR) is 140 cm³/mol. The predicted octanol–water partition coefficient (Wildman–Crippen LogP) is 1.95. The van der Waals surface area contributed by atoms with Crippen LogP contribution < -0.4 is 10.0 Å². The smallest absolute Gasteiger partial charge is 0.333 e. The van der Waals surface area contributed by atoms with Crippen LogP contribution in [0.15, 0.2) is 18.6 Å². The number of carbonyl (C=O) groups excluding carboxylic acids is 1. The van der Waals surface area contributed by atoms with E-state index in [2.05, 4.69) is 19.9 Å². The Hall–Kier alpha value is -2.75. The zero-order valence-electron chi connectivity index (χ0n) is 21.2. The Morgan fingerprint density at radius 1 is 1.29 bits per heavy atom. The van der Waals surface area contributed by atoms with Crippen LogP contribution in [0, 0.1) is 26.7 Å². The summed E-state index contributed by atoms with van der Waals surface area (Å²) >= 11 is 1.38. The van der Waals surface area contributed by atoms with Crippen molar-refractivity contribution in [3.8, 4) is 0 Å². The Morgan fingerprint density at radius 3 is 2.84 bits per heavy atom. The average molecular weight is 563 g/mol. The number of ether oxygens (including phenoxy) is 1. The molecule has 1 aliphatic heterocycles. The fourth-order valence-electron chi connectivity index (χ4n) is 5.19. The van der Waals surface area contributed by atoms with Gasteiger partial charge in [-0.2, -0.15) is 13.1 Å². The maximum absolute atomic E-state index is 13.6. The van der Waals surface area contributed by atoms with E-state index in [4.69, 9.17) is 14.3 Å². The van der Waals surface area contributed by atoms with Crippen molar-refractivity contribution >= 4 is 33.2 Å². The summed E-state index contributed by atoms with van der Waals surface area (Å²) in [5.74, 6) is 0.554. The van der Waals surface area contributed by atoms with Gasteiger partial charge in [0.25, 0.3) is 0 Å². The Labute approximate surface area is 224 Å². The molecular formula is C24H30N6O6S2. The van der Waals surface area contributed by atoms with Gasteiger partial charge in [-0.3, -0.25) is 9.35 Å². The maximum atomic E-state index is 13.6. The summed E-state index contributed by atoms with van der Waals surface area (Å²) < 4.78 is 41.2. The van der Waals surface area contributed by atoms with E-state index in [0.29, 0.717) is 35.7 Å². The topological polar surface area (TPSA) is 169 Å². The number of aliphatic hydroxyl groups is 1. The van der Waals surface area contributed by atoms with Crippen LogP contribution in [0.5, 0.6) is 0 Å². The van der Waals surface area contributed by atoms with Crippen LogP contribution in [0.25, 0.3) is 0 Å². The summed E-state index contributed by atoms with van der Waals surface area (Å²) in [6.45, 7) is 7.19. The van der Waals surface area contributed by atoms with Crippen molar-refractivity contribution in [2.24, 2.45) is 5.92 Å². The lowest BCUT2D eigenvalue weighted by atomic mass is 10.1. The van der Waals surface area contributed by atoms with Crippen LogP contribution in [0.2, 0.25) is 0 Å². The molecule has 2 aliphatic rings. The van der Waals surface area contributed by atoms with E-state index in [9.17, 15) is 18.3 Å². The molecule has 1 fully saturated rings. The van der Waals surface area contributed by atoms with Crippen molar-refractivity contribution in [2.75, 3.05) is 18.5 Å². The van der Waals surface area contributed by atoms with E-state index in [1.165, 1.54) is 23.9 Å². The number of nitrogens with zero attached hydrogens (tertiary/aromatic N) is 4. The first kappa shape index (κ1) is 26.8. The Balaban J connectivity index is 1.35. The molecule has 4 N–H and O–H groups in total. The number of rotatable bonds is 8. The molecule has 3 aromatic rings. The van der Waals surface area contributed by atoms with Gasteiger partial charge in [-0.1, -0.05) is 0 Å². The van der Waals surface area contributed by atoms with Gasteiger partial charge in [0.05, 0.1) is 28.8 Å². The number of hydrogen-bond donors (Lipinski definition) is 4. The second-order valence-corrected chi connectivity index (χ2v) is 12.2. The van der Waals surface area contributed by atoms with E-state index in [0.717, 1.165) is 34.2 Å². The molecule has 5 rings (SSSR count). The third-order valence-corrected chi connectivity index (χ3v) is 8.86. The van der Waals surface area contributed by atoms with E-state index in [1.54, 1.807) is 0 Å². The summed E-state index contributed by atoms with van der Waals surface area (Å²) in [5, 5.41) is 13.6. The molecule has 0 radical (unpaired) electrons.